The Morgan fingerprint density at radius 1 is 0.972 bits per heavy atom. The molecule has 1 atom stereocenters. The average Bonchev–Trinajstić information content (AvgIpc) is 2.88. The number of benzene rings is 3. The van der Waals surface area contributed by atoms with Crippen LogP contribution in [0.4, 0.5) is 10.1 Å². The number of carboxylic acids is 1. The number of carbonyl (C=O) groups is 1. The van der Waals surface area contributed by atoms with E-state index in [0.29, 0.717) is 11.4 Å². The van der Waals surface area contributed by atoms with Crippen molar-refractivity contribution in [1.29, 1.82) is 0 Å². The van der Waals surface area contributed by atoms with Crippen molar-refractivity contribution in [3.63, 3.8) is 0 Å². The van der Waals surface area contributed by atoms with E-state index in [1.807, 2.05) is 44.2 Å². The number of hydrogen-bond donors (Lipinski definition) is 2. The van der Waals surface area contributed by atoms with E-state index in [-0.39, 0.29) is 17.4 Å². The summed E-state index contributed by atoms with van der Waals surface area (Å²) < 4.78 is 13.7. The van der Waals surface area contributed by atoms with Gasteiger partial charge in [0.2, 0.25) is 0 Å². The molecule has 2 heterocycles. The number of fused-ring (bicyclic) bond motifs is 1. The van der Waals surface area contributed by atoms with E-state index in [1.165, 1.54) is 12.1 Å². The van der Waals surface area contributed by atoms with Crippen LogP contribution in [0.2, 0.25) is 0 Å². The summed E-state index contributed by atoms with van der Waals surface area (Å²) in [5, 5.41) is 13.9. The molecule has 0 saturated carbocycles. The number of aryl methyl sites for hydroxylation is 1. The second-order valence-electron chi connectivity index (χ2n) is 8.74. The van der Waals surface area contributed by atoms with Crippen LogP contribution >= 0.6 is 0 Å². The lowest BCUT2D eigenvalue weighted by atomic mass is 9.94. The first-order valence-electron chi connectivity index (χ1n) is 11.6. The van der Waals surface area contributed by atoms with E-state index in [2.05, 4.69) is 22.4 Å². The predicted molar refractivity (Wildman–Crippen MR) is 141 cm³/mol. The number of para-hydroxylation sites is 1. The zero-order valence-electron chi connectivity index (χ0n) is 19.9. The van der Waals surface area contributed by atoms with E-state index < -0.39 is 5.97 Å². The van der Waals surface area contributed by atoms with Crippen molar-refractivity contribution >= 4 is 22.6 Å². The molecule has 6 heteroatoms. The molecule has 178 valence electrons. The second kappa shape index (κ2) is 9.58. The maximum absolute atomic E-state index is 13.7. The summed E-state index contributed by atoms with van der Waals surface area (Å²) in [7, 11) is 0. The van der Waals surface area contributed by atoms with Crippen molar-refractivity contribution in [2.45, 2.75) is 19.9 Å². The van der Waals surface area contributed by atoms with E-state index in [9.17, 15) is 14.3 Å². The molecule has 0 amide bonds. The lowest BCUT2D eigenvalue weighted by Gasteiger charge is -2.21. The van der Waals surface area contributed by atoms with E-state index in [1.54, 1.807) is 36.5 Å². The Balaban J connectivity index is 1.70. The maximum atomic E-state index is 13.7. The number of pyridine rings is 2. The number of anilines is 1. The van der Waals surface area contributed by atoms with Crippen LogP contribution < -0.4 is 5.32 Å². The van der Waals surface area contributed by atoms with Gasteiger partial charge >= 0.3 is 5.97 Å². The quantitative estimate of drug-likeness (QED) is 0.269. The minimum Gasteiger partial charge on any atom is -0.478 e. The SMILES string of the molecule is Cc1cc(C(C)Nc2ccccc2C(=O)O)c2cc(-c3ccc(F)cc3)c(-c3ccccn3)nc2c1. The third-order valence-electron chi connectivity index (χ3n) is 6.17. The monoisotopic (exact) mass is 477 g/mol. The zero-order valence-corrected chi connectivity index (χ0v) is 19.9. The minimum atomic E-state index is -0.986. The molecule has 5 rings (SSSR count). The molecule has 5 aromatic rings. The van der Waals surface area contributed by atoms with Crippen LogP contribution in [0.25, 0.3) is 33.4 Å². The van der Waals surface area contributed by atoms with Gasteiger partial charge in [-0.2, -0.15) is 0 Å². The number of nitrogens with zero attached hydrogens (tertiary/aromatic N) is 2. The molecule has 0 aliphatic heterocycles. The normalized spacial score (nSPS) is 11.9. The number of rotatable bonds is 6. The molecule has 0 aliphatic rings. The highest BCUT2D eigenvalue weighted by molar-refractivity contribution is 5.95. The maximum Gasteiger partial charge on any atom is 0.337 e. The summed E-state index contributed by atoms with van der Waals surface area (Å²) in [6, 6.07) is 24.8. The van der Waals surface area contributed by atoms with E-state index in [4.69, 9.17) is 4.98 Å². The average molecular weight is 478 g/mol. The standard InChI is InChI=1S/C30H24FN3O2/c1-18-15-23(19(2)33-26-8-4-3-7-22(26)30(35)36)25-17-24(20-10-12-21(31)13-11-20)29(34-28(25)16-18)27-9-5-6-14-32-27/h3-17,19,33H,1-2H3,(H,35,36). The van der Waals surface area contributed by atoms with Gasteiger partial charge in [0, 0.05) is 28.9 Å². The van der Waals surface area contributed by atoms with Gasteiger partial charge in [0.05, 0.1) is 22.5 Å². The van der Waals surface area contributed by atoms with Gasteiger partial charge in [-0.05, 0) is 79.1 Å². The molecule has 1 unspecified atom stereocenters. The summed E-state index contributed by atoms with van der Waals surface area (Å²) in [6.45, 7) is 4.01. The number of halogens is 1. The van der Waals surface area contributed by atoms with Crippen molar-refractivity contribution in [3.05, 3.63) is 114 Å². The van der Waals surface area contributed by atoms with Crippen LogP contribution in [0.15, 0.2) is 91.1 Å². The first kappa shape index (κ1) is 23.2. The first-order chi connectivity index (χ1) is 17.4. The zero-order chi connectivity index (χ0) is 25.2. The Kier molecular flexibility index (Phi) is 6.17. The van der Waals surface area contributed by atoms with E-state index >= 15 is 0 Å². The topological polar surface area (TPSA) is 75.1 Å². The third kappa shape index (κ3) is 4.53. The van der Waals surface area contributed by atoms with Gasteiger partial charge in [-0.1, -0.05) is 36.4 Å². The smallest absolute Gasteiger partial charge is 0.337 e. The van der Waals surface area contributed by atoms with Gasteiger partial charge in [-0.3, -0.25) is 4.98 Å². The fraction of sp³-hybridized carbons (Fsp3) is 0.100. The van der Waals surface area contributed by atoms with Crippen molar-refractivity contribution in [3.8, 4) is 22.5 Å². The van der Waals surface area contributed by atoms with Crippen LogP contribution in [0, 0.1) is 12.7 Å². The number of aromatic carboxylic acids is 1. The van der Waals surface area contributed by atoms with Crippen LogP contribution in [0.3, 0.4) is 0 Å². The molecule has 5 nitrogen and oxygen atoms in total. The summed E-state index contributed by atoms with van der Waals surface area (Å²) in [4.78, 5) is 21.3. The Bertz CT molecular complexity index is 1570. The number of nitrogens with one attached hydrogen (secondary N) is 1. The predicted octanol–water partition coefficient (Wildman–Crippen LogP) is 7.28. The van der Waals surface area contributed by atoms with Crippen molar-refractivity contribution < 1.29 is 14.3 Å². The van der Waals surface area contributed by atoms with Gasteiger partial charge < -0.3 is 10.4 Å². The van der Waals surface area contributed by atoms with Gasteiger partial charge in [-0.25, -0.2) is 14.2 Å². The largest absolute Gasteiger partial charge is 0.478 e. The molecule has 0 aliphatic carbocycles. The van der Waals surface area contributed by atoms with Crippen LogP contribution in [0.1, 0.15) is 34.5 Å². The van der Waals surface area contributed by atoms with Gasteiger partial charge in [0.1, 0.15) is 5.82 Å². The van der Waals surface area contributed by atoms with Gasteiger partial charge in [0.25, 0.3) is 0 Å². The lowest BCUT2D eigenvalue weighted by molar-refractivity contribution is 0.0698. The summed E-state index contributed by atoms with van der Waals surface area (Å²) in [5.74, 6) is -1.29. The Hall–Kier alpha value is -4.58. The Labute approximate surface area is 208 Å². The molecule has 2 N–H and O–H groups in total. The van der Waals surface area contributed by atoms with Crippen LogP contribution in [-0.2, 0) is 0 Å². The molecule has 2 aromatic heterocycles. The van der Waals surface area contributed by atoms with Crippen LogP contribution in [0.5, 0.6) is 0 Å². The first-order valence-corrected chi connectivity index (χ1v) is 11.6. The molecule has 36 heavy (non-hydrogen) atoms. The molecule has 0 radical (unpaired) electrons. The molecule has 0 saturated heterocycles. The Morgan fingerprint density at radius 2 is 1.72 bits per heavy atom. The highest BCUT2D eigenvalue weighted by atomic mass is 19.1. The Morgan fingerprint density at radius 3 is 2.44 bits per heavy atom. The summed E-state index contributed by atoms with van der Waals surface area (Å²) >= 11 is 0. The lowest BCUT2D eigenvalue weighted by Crippen LogP contribution is -2.11. The number of hydrogen-bond acceptors (Lipinski definition) is 4. The molecule has 0 spiro atoms. The summed E-state index contributed by atoms with van der Waals surface area (Å²) in [6.07, 6.45) is 1.73. The van der Waals surface area contributed by atoms with Crippen LogP contribution in [-0.4, -0.2) is 21.0 Å². The number of aromatic nitrogens is 2. The van der Waals surface area contributed by atoms with Gasteiger partial charge in [-0.15, -0.1) is 0 Å². The molecular formula is C30H24FN3O2. The van der Waals surface area contributed by atoms with Gasteiger partial charge in [0.15, 0.2) is 0 Å². The fourth-order valence-corrected chi connectivity index (χ4v) is 4.46. The number of carboxylic acid groups (broad SMARTS) is 1. The molecule has 3 aromatic carbocycles. The third-order valence-corrected chi connectivity index (χ3v) is 6.17. The highest BCUT2D eigenvalue weighted by Gasteiger charge is 2.19. The van der Waals surface area contributed by atoms with E-state index in [0.717, 1.165) is 38.9 Å². The molecule has 0 bridgehead atoms. The molecular weight excluding hydrogens is 453 g/mol. The highest BCUT2D eigenvalue weighted by Crippen LogP contribution is 2.36. The van der Waals surface area contributed by atoms with Crippen molar-refractivity contribution in [1.82, 2.24) is 9.97 Å². The van der Waals surface area contributed by atoms with Crippen molar-refractivity contribution in [2.24, 2.45) is 0 Å². The minimum absolute atomic E-state index is 0.212. The second-order valence-corrected chi connectivity index (χ2v) is 8.74. The molecule has 0 fully saturated rings. The summed E-state index contributed by atoms with van der Waals surface area (Å²) in [5.41, 5.74) is 6.68. The van der Waals surface area contributed by atoms with Crippen molar-refractivity contribution in [2.75, 3.05) is 5.32 Å². The fourth-order valence-electron chi connectivity index (χ4n) is 4.46.